The van der Waals surface area contributed by atoms with E-state index in [1.165, 1.54) is 0 Å². The van der Waals surface area contributed by atoms with Gasteiger partial charge in [-0.1, -0.05) is 13.8 Å². The molecule has 8 nitrogen and oxygen atoms in total. The number of nitrogens with zero attached hydrogens (tertiary/aromatic N) is 2. The summed E-state index contributed by atoms with van der Waals surface area (Å²) in [5.74, 6) is 0.800. The molecule has 1 saturated carbocycles. The van der Waals surface area contributed by atoms with Crippen molar-refractivity contribution in [1.29, 1.82) is 0 Å². The number of aliphatic imine (C=N–C) groups is 1. The summed E-state index contributed by atoms with van der Waals surface area (Å²) in [5, 5.41) is 8.78. The highest BCUT2D eigenvalue weighted by Crippen LogP contribution is 2.51. The molecule has 160 valence electrons. The lowest BCUT2D eigenvalue weighted by atomic mass is 9.56. The van der Waals surface area contributed by atoms with Crippen LogP contribution in [0.1, 0.15) is 47.0 Å². The molecule has 3 aliphatic rings. The minimum Gasteiger partial charge on any atom is -0.378 e. The molecule has 2 saturated heterocycles. The first-order valence-electron chi connectivity index (χ1n) is 9.74. The van der Waals surface area contributed by atoms with Gasteiger partial charge in [0.15, 0.2) is 5.96 Å². The summed E-state index contributed by atoms with van der Waals surface area (Å²) >= 11 is 0. The molecule has 3 fully saturated rings. The number of nitrogens with one attached hydrogen (secondary N) is 3. The number of hydrogen-bond donors (Lipinski definition) is 3. The first-order chi connectivity index (χ1) is 12.6. The first-order valence-corrected chi connectivity index (χ1v) is 9.74. The average molecular weight is 507 g/mol. The average Bonchev–Trinajstić information content (AvgIpc) is 2.91. The Balaban J connectivity index is 0.00000280. The number of likely N-dealkylation sites (tertiary alicyclic amines) is 1. The van der Waals surface area contributed by atoms with Crippen molar-refractivity contribution in [3.05, 3.63) is 0 Å². The van der Waals surface area contributed by atoms with Gasteiger partial charge in [-0.15, -0.1) is 24.0 Å². The van der Waals surface area contributed by atoms with Crippen molar-refractivity contribution in [3.8, 4) is 0 Å². The molecule has 0 bridgehead atoms. The molecule has 3 amide bonds. The fourth-order valence-electron chi connectivity index (χ4n) is 4.69. The van der Waals surface area contributed by atoms with E-state index in [9.17, 15) is 9.59 Å². The first kappa shape index (κ1) is 23.2. The summed E-state index contributed by atoms with van der Waals surface area (Å²) in [6.07, 6.45) is 2.60. The zero-order chi connectivity index (χ0) is 20.0. The Kier molecular flexibility index (Phi) is 6.59. The Morgan fingerprint density at radius 2 is 1.82 bits per heavy atom. The van der Waals surface area contributed by atoms with Crippen molar-refractivity contribution >= 4 is 41.9 Å². The van der Waals surface area contributed by atoms with E-state index in [4.69, 9.17) is 4.74 Å². The second-order valence-corrected chi connectivity index (χ2v) is 8.98. The molecular formula is C19H34IN5O3. The second kappa shape index (κ2) is 7.97. The zero-order valence-corrected chi connectivity index (χ0v) is 20.0. The van der Waals surface area contributed by atoms with Gasteiger partial charge in [-0.3, -0.25) is 15.1 Å². The molecule has 0 aromatic rings. The molecule has 3 rings (SSSR count). The van der Waals surface area contributed by atoms with Crippen LogP contribution in [0.25, 0.3) is 0 Å². The van der Waals surface area contributed by atoms with E-state index in [0.717, 1.165) is 38.3 Å². The van der Waals surface area contributed by atoms with Crippen LogP contribution in [-0.2, 0) is 9.53 Å². The molecule has 1 aliphatic carbocycles. The van der Waals surface area contributed by atoms with Crippen LogP contribution in [-0.4, -0.2) is 67.2 Å². The third-order valence-electron chi connectivity index (χ3n) is 7.48. The summed E-state index contributed by atoms with van der Waals surface area (Å²) in [6, 6.07) is -0.0906. The van der Waals surface area contributed by atoms with Gasteiger partial charge in [0, 0.05) is 38.7 Å². The van der Waals surface area contributed by atoms with Crippen molar-refractivity contribution in [2.24, 2.45) is 16.3 Å². The molecule has 0 spiro atoms. The third kappa shape index (κ3) is 3.59. The quantitative estimate of drug-likeness (QED) is 0.234. The fraction of sp³-hybridized carbons (Fsp3) is 0.842. The van der Waals surface area contributed by atoms with E-state index in [2.05, 4.69) is 46.6 Å². The summed E-state index contributed by atoms with van der Waals surface area (Å²) in [4.78, 5) is 30.4. The smallest absolute Gasteiger partial charge is 0.322 e. The van der Waals surface area contributed by atoms with Crippen molar-refractivity contribution in [1.82, 2.24) is 20.9 Å². The van der Waals surface area contributed by atoms with Crippen LogP contribution in [0.4, 0.5) is 4.79 Å². The van der Waals surface area contributed by atoms with Crippen molar-refractivity contribution in [2.45, 2.75) is 64.1 Å². The topological polar surface area (TPSA) is 95.1 Å². The number of amides is 3. The number of imide groups is 1. The molecule has 28 heavy (non-hydrogen) atoms. The number of rotatable bonds is 3. The lowest BCUT2D eigenvalue weighted by molar-refractivity contribution is -0.177. The van der Waals surface area contributed by atoms with Crippen LogP contribution >= 0.6 is 24.0 Å². The number of carbonyl (C=O) groups is 2. The SMILES string of the molecule is CN=C(NC1CC(C)(OC)C1(C)C)N1CCC(C2(C)NC(=O)NC2=O)CC1.I. The lowest BCUT2D eigenvalue weighted by Crippen LogP contribution is -2.70. The van der Waals surface area contributed by atoms with E-state index in [0.29, 0.717) is 6.04 Å². The number of hydrogen-bond acceptors (Lipinski definition) is 4. The number of carbonyl (C=O) groups excluding carboxylic acids is 2. The fourth-order valence-corrected chi connectivity index (χ4v) is 4.69. The van der Waals surface area contributed by atoms with Gasteiger partial charge in [-0.2, -0.15) is 0 Å². The predicted molar refractivity (Wildman–Crippen MR) is 119 cm³/mol. The van der Waals surface area contributed by atoms with Gasteiger partial charge < -0.3 is 20.3 Å². The van der Waals surface area contributed by atoms with E-state index in [1.807, 2.05) is 14.0 Å². The highest BCUT2D eigenvalue weighted by Gasteiger charge is 2.58. The Labute approximate surface area is 184 Å². The predicted octanol–water partition coefficient (Wildman–Crippen LogP) is 1.69. The van der Waals surface area contributed by atoms with Gasteiger partial charge in [-0.25, -0.2) is 4.79 Å². The molecule has 2 aliphatic heterocycles. The number of guanidine groups is 1. The molecule has 3 atom stereocenters. The highest BCUT2D eigenvalue weighted by molar-refractivity contribution is 14.0. The van der Waals surface area contributed by atoms with Crippen LogP contribution in [0.2, 0.25) is 0 Å². The van der Waals surface area contributed by atoms with Crippen molar-refractivity contribution in [3.63, 3.8) is 0 Å². The normalized spacial score (nSPS) is 35.6. The standard InChI is InChI=1S/C19H33N5O3.HI/c1-17(2)13(11-18(17,3)27-6)21-15(20-5)24-9-7-12(8-10-24)19(4)14(25)22-16(26)23-19;/h12-13H,7-11H2,1-6H3,(H,20,21)(H2,22,23,25,26);1H. The molecule has 2 heterocycles. The Morgan fingerprint density at radius 1 is 1.21 bits per heavy atom. The Morgan fingerprint density at radius 3 is 2.25 bits per heavy atom. The Hall–Kier alpha value is -1.10. The third-order valence-corrected chi connectivity index (χ3v) is 7.48. The van der Waals surface area contributed by atoms with Crippen molar-refractivity contribution < 1.29 is 14.3 Å². The largest absolute Gasteiger partial charge is 0.378 e. The number of urea groups is 1. The maximum atomic E-state index is 12.2. The summed E-state index contributed by atoms with van der Waals surface area (Å²) < 4.78 is 5.71. The molecular weight excluding hydrogens is 473 g/mol. The van der Waals surface area contributed by atoms with Gasteiger partial charge in [0.2, 0.25) is 0 Å². The number of piperidine rings is 1. The number of halogens is 1. The minimum atomic E-state index is -0.809. The molecule has 3 unspecified atom stereocenters. The van der Waals surface area contributed by atoms with E-state index in [-0.39, 0.29) is 46.8 Å². The highest BCUT2D eigenvalue weighted by atomic mass is 127. The molecule has 0 radical (unpaired) electrons. The van der Waals surface area contributed by atoms with Crippen LogP contribution in [0, 0.1) is 11.3 Å². The van der Waals surface area contributed by atoms with Gasteiger partial charge >= 0.3 is 6.03 Å². The molecule has 3 N–H and O–H groups in total. The van der Waals surface area contributed by atoms with Gasteiger partial charge in [0.1, 0.15) is 5.54 Å². The summed E-state index contributed by atoms with van der Waals surface area (Å²) in [7, 11) is 3.58. The van der Waals surface area contributed by atoms with Crippen molar-refractivity contribution in [2.75, 3.05) is 27.2 Å². The van der Waals surface area contributed by atoms with Gasteiger partial charge in [-0.05, 0) is 39.0 Å². The number of ether oxygens (including phenoxy) is 1. The van der Waals surface area contributed by atoms with Crippen LogP contribution in [0.3, 0.4) is 0 Å². The number of methoxy groups -OCH3 is 1. The molecule has 0 aromatic carbocycles. The van der Waals surface area contributed by atoms with Crippen LogP contribution < -0.4 is 16.0 Å². The molecule has 9 heteroatoms. The zero-order valence-electron chi connectivity index (χ0n) is 17.7. The van der Waals surface area contributed by atoms with Crippen LogP contribution in [0.5, 0.6) is 0 Å². The second-order valence-electron chi connectivity index (χ2n) is 8.98. The van der Waals surface area contributed by atoms with Gasteiger partial charge in [0.25, 0.3) is 5.91 Å². The van der Waals surface area contributed by atoms with Crippen LogP contribution in [0.15, 0.2) is 4.99 Å². The van der Waals surface area contributed by atoms with E-state index < -0.39 is 11.6 Å². The summed E-state index contributed by atoms with van der Waals surface area (Å²) in [5.41, 5.74) is -0.925. The van der Waals surface area contributed by atoms with E-state index in [1.54, 1.807) is 7.11 Å². The lowest BCUT2D eigenvalue weighted by Gasteiger charge is -2.59. The monoisotopic (exact) mass is 507 g/mol. The maximum absolute atomic E-state index is 12.2. The summed E-state index contributed by atoms with van der Waals surface area (Å²) in [6.45, 7) is 10.0. The minimum absolute atomic E-state index is 0. The van der Waals surface area contributed by atoms with E-state index >= 15 is 0 Å². The maximum Gasteiger partial charge on any atom is 0.322 e. The Bertz CT molecular complexity index is 662. The molecule has 0 aromatic heterocycles. The van der Waals surface area contributed by atoms with Gasteiger partial charge in [0.05, 0.1) is 5.60 Å².